The topological polar surface area (TPSA) is 43.4 Å². The van der Waals surface area contributed by atoms with Crippen LogP contribution in [0.5, 0.6) is 5.75 Å². The molecule has 0 spiro atoms. The average molecular weight is 261 g/mol. The Hall–Kier alpha value is -0.740. The number of benzene rings is 1. The van der Waals surface area contributed by atoms with Crippen LogP contribution in [0.4, 0.5) is 0 Å². The summed E-state index contributed by atoms with van der Waals surface area (Å²) >= 11 is 0. The van der Waals surface area contributed by atoms with E-state index in [-0.39, 0.29) is 4.90 Å². The molecule has 0 bridgehead atoms. The SMILES string of the molecule is Cc1ccc(OCC2CC2)c(S(=O)(=O)Cl)c1. The summed E-state index contributed by atoms with van der Waals surface area (Å²) in [7, 11) is 1.62. The van der Waals surface area contributed by atoms with Gasteiger partial charge in [-0.1, -0.05) is 6.07 Å². The minimum Gasteiger partial charge on any atom is -0.492 e. The zero-order chi connectivity index (χ0) is 11.8. The molecule has 5 heteroatoms. The highest BCUT2D eigenvalue weighted by atomic mass is 35.7. The first kappa shape index (κ1) is 11.7. The lowest BCUT2D eigenvalue weighted by atomic mass is 10.2. The van der Waals surface area contributed by atoms with E-state index in [0.29, 0.717) is 18.3 Å². The Morgan fingerprint density at radius 3 is 2.69 bits per heavy atom. The van der Waals surface area contributed by atoms with Crippen molar-refractivity contribution in [3.05, 3.63) is 23.8 Å². The first-order chi connectivity index (χ1) is 7.47. The average Bonchev–Trinajstić information content (AvgIpc) is 2.98. The molecule has 0 atom stereocenters. The van der Waals surface area contributed by atoms with Gasteiger partial charge in [-0.15, -0.1) is 0 Å². The molecule has 0 saturated heterocycles. The monoisotopic (exact) mass is 260 g/mol. The predicted octanol–water partition coefficient (Wildman–Crippen LogP) is 2.71. The summed E-state index contributed by atoms with van der Waals surface area (Å²) in [6, 6.07) is 5.01. The zero-order valence-electron chi connectivity index (χ0n) is 8.94. The van der Waals surface area contributed by atoms with E-state index >= 15 is 0 Å². The maximum absolute atomic E-state index is 11.4. The summed E-state index contributed by atoms with van der Waals surface area (Å²) in [5.41, 5.74) is 0.845. The summed E-state index contributed by atoms with van der Waals surface area (Å²) in [4.78, 5) is 0.0646. The molecule has 0 aliphatic heterocycles. The largest absolute Gasteiger partial charge is 0.492 e. The Labute approximate surface area is 99.8 Å². The molecule has 1 aromatic rings. The van der Waals surface area contributed by atoms with Crippen LogP contribution in [-0.4, -0.2) is 15.0 Å². The molecule has 1 saturated carbocycles. The van der Waals surface area contributed by atoms with Crippen molar-refractivity contribution in [2.75, 3.05) is 6.61 Å². The van der Waals surface area contributed by atoms with Crippen LogP contribution in [0.2, 0.25) is 0 Å². The molecule has 0 unspecified atom stereocenters. The number of hydrogen-bond donors (Lipinski definition) is 0. The smallest absolute Gasteiger partial charge is 0.264 e. The molecular formula is C11H13ClO3S. The Bertz CT molecular complexity index is 492. The maximum atomic E-state index is 11.4. The molecule has 3 nitrogen and oxygen atoms in total. The lowest BCUT2D eigenvalue weighted by molar-refractivity contribution is 0.292. The normalized spacial score (nSPS) is 16.1. The van der Waals surface area contributed by atoms with Crippen LogP contribution >= 0.6 is 10.7 Å². The first-order valence-corrected chi connectivity index (χ1v) is 7.46. The van der Waals surface area contributed by atoms with Crippen LogP contribution in [-0.2, 0) is 9.05 Å². The zero-order valence-corrected chi connectivity index (χ0v) is 10.5. The third kappa shape index (κ3) is 2.89. The van der Waals surface area contributed by atoms with Gasteiger partial charge in [0.2, 0.25) is 0 Å². The van der Waals surface area contributed by atoms with Crippen LogP contribution in [0.1, 0.15) is 18.4 Å². The molecule has 1 aliphatic rings. The first-order valence-electron chi connectivity index (χ1n) is 5.15. The van der Waals surface area contributed by atoms with E-state index in [1.54, 1.807) is 6.07 Å². The van der Waals surface area contributed by atoms with Gasteiger partial charge in [0.15, 0.2) is 0 Å². The van der Waals surface area contributed by atoms with Crippen molar-refractivity contribution >= 4 is 19.7 Å². The molecule has 88 valence electrons. The summed E-state index contributed by atoms with van der Waals surface area (Å²) < 4.78 is 28.2. The van der Waals surface area contributed by atoms with E-state index in [4.69, 9.17) is 15.4 Å². The third-order valence-corrected chi connectivity index (χ3v) is 3.88. The van der Waals surface area contributed by atoms with E-state index in [1.165, 1.54) is 6.07 Å². The number of aryl methyl sites for hydroxylation is 1. The van der Waals surface area contributed by atoms with Crippen molar-refractivity contribution in [2.45, 2.75) is 24.7 Å². The van der Waals surface area contributed by atoms with Crippen molar-refractivity contribution < 1.29 is 13.2 Å². The fourth-order valence-electron chi connectivity index (χ4n) is 1.42. The molecule has 1 fully saturated rings. The van der Waals surface area contributed by atoms with Crippen LogP contribution < -0.4 is 4.74 Å². The molecule has 0 amide bonds. The van der Waals surface area contributed by atoms with Crippen LogP contribution in [0.3, 0.4) is 0 Å². The highest BCUT2D eigenvalue weighted by molar-refractivity contribution is 8.13. The maximum Gasteiger partial charge on any atom is 0.264 e. The minimum atomic E-state index is -3.74. The van der Waals surface area contributed by atoms with E-state index in [1.807, 2.05) is 13.0 Å². The highest BCUT2D eigenvalue weighted by Crippen LogP contribution is 2.32. The lowest BCUT2D eigenvalue weighted by Crippen LogP contribution is -2.03. The number of rotatable bonds is 4. The molecule has 0 N–H and O–H groups in total. The van der Waals surface area contributed by atoms with E-state index in [0.717, 1.165) is 18.4 Å². The Kier molecular flexibility index (Phi) is 3.13. The predicted molar refractivity (Wildman–Crippen MR) is 62.4 cm³/mol. The third-order valence-electron chi connectivity index (χ3n) is 2.53. The van der Waals surface area contributed by atoms with Crippen LogP contribution in [0, 0.1) is 12.8 Å². The second-order valence-corrected chi connectivity index (χ2v) is 6.68. The van der Waals surface area contributed by atoms with Gasteiger partial charge in [0.05, 0.1) is 6.61 Å². The molecule has 2 rings (SSSR count). The minimum absolute atomic E-state index is 0.0646. The summed E-state index contributed by atoms with van der Waals surface area (Å²) in [5.74, 6) is 0.930. The highest BCUT2D eigenvalue weighted by Gasteiger charge is 2.24. The van der Waals surface area contributed by atoms with Crippen molar-refractivity contribution in [2.24, 2.45) is 5.92 Å². The van der Waals surface area contributed by atoms with Gasteiger partial charge in [-0.3, -0.25) is 0 Å². The number of hydrogen-bond acceptors (Lipinski definition) is 3. The summed E-state index contributed by atoms with van der Waals surface area (Å²) in [6.45, 7) is 2.39. The quantitative estimate of drug-likeness (QED) is 0.782. The Balaban J connectivity index is 2.27. The van der Waals surface area contributed by atoms with Gasteiger partial charge in [0, 0.05) is 10.7 Å². The van der Waals surface area contributed by atoms with E-state index in [2.05, 4.69) is 0 Å². The fraction of sp³-hybridized carbons (Fsp3) is 0.455. The summed E-state index contributed by atoms with van der Waals surface area (Å²) in [5, 5.41) is 0. The molecule has 1 aromatic carbocycles. The molecule has 16 heavy (non-hydrogen) atoms. The Morgan fingerprint density at radius 2 is 2.12 bits per heavy atom. The molecule has 0 aromatic heterocycles. The standard InChI is InChI=1S/C11H13ClO3S/c1-8-2-5-10(15-7-9-3-4-9)11(6-8)16(12,13)14/h2,5-6,9H,3-4,7H2,1H3. The van der Waals surface area contributed by atoms with Crippen LogP contribution in [0.25, 0.3) is 0 Å². The second-order valence-electron chi connectivity index (χ2n) is 4.14. The van der Waals surface area contributed by atoms with Gasteiger partial charge in [0.1, 0.15) is 10.6 Å². The van der Waals surface area contributed by atoms with Gasteiger partial charge >= 0.3 is 0 Å². The number of halogens is 1. The van der Waals surface area contributed by atoms with Crippen molar-refractivity contribution in [1.82, 2.24) is 0 Å². The molecule has 0 heterocycles. The summed E-state index contributed by atoms with van der Waals surface area (Å²) in [6.07, 6.45) is 2.32. The second kappa shape index (κ2) is 4.26. The fourth-order valence-corrected chi connectivity index (χ4v) is 2.47. The van der Waals surface area contributed by atoms with Crippen molar-refractivity contribution in [3.8, 4) is 5.75 Å². The number of ether oxygens (including phenoxy) is 1. The van der Waals surface area contributed by atoms with Gasteiger partial charge in [0.25, 0.3) is 9.05 Å². The molecule has 1 aliphatic carbocycles. The van der Waals surface area contributed by atoms with Gasteiger partial charge < -0.3 is 4.74 Å². The van der Waals surface area contributed by atoms with Gasteiger partial charge in [-0.05, 0) is 43.4 Å². The van der Waals surface area contributed by atoms with E-state index in [9.17, 15) is 8.42 Å². The van der Waals surface area contributed by atoms with Crippen LogP contribution in [0.15, 0.2) is 23.1 Å². The van der Waals surface area contributed by atoms with Gasteiger partial charge in [-0.25, -0.2) is 8.42 Å². The van der Waals surface area contributed by atoms with Crippen molar-refractivity contribution in [3.63, 3.8) is 0 Å². The van der Waals surface area contributed by atoms with Gasteiger partial charge in [-0.2, -0.15) is 0 Å². The molecular weight excluding hydrogens is 248 g/mol. The van der Waals surface area contributed by atoms with E-state index < -0.39 is 9.05 Å². The molecule has 0 radical (unpaired) electrons. The van der Waals surface area contributed by atoms with Crippen molar-refractivity contribution in [1.29, 1.82) is 0 Å². The lowest BCUT2D eigenvalue weighted by Gasteiger charge is -2.09. The Morgan fingerprint density at radius 1 is 1.44 bits per heavy atom.